The van der Waals surface area contributed by atoms with Crippen LogP contribution >= 0.6 is 0 Å². The first-order chi connectivity index (χ1) is 11.2. The molecule has 0 unspecified atom stereocenters. The van der Waals surface area contributed by atoms with Crippen LogP contribution in [0.3, 0.4) is 0 Å². The highest BCUT2D eigenvalue weighted by Crippen LogP contribution is 2.17. The summed E-state index contributed by atoms with van der Waals surface area (Å²) in [6.07, 6.45) is 0.881. The number of nitrogens with one attached hydrogen (secondary N) is 1. The number of aryl methyl sites for hydroxylation is 2. The summed E-state index contributed by atoms with van der Waals surface area (Å²) in [6, 6.07) is 5.71. The molecule has 2 aromatic rings. The Morgan fingerprint density at radius 3 is 2.87 bits per heavy atom. The molecule has 0 atom stereocenters. The third kappa shape index (κ3) is 3.54. The number of aromatic nitrogens is 2. The van der Waals surface area contributed by atoms with Gasteiger partial charge in [0.15, 0.2) is 0 Å². The van der Waals surface area contributed by atoms with Crippen LogP contribution in [0.4, 0.5) is 0 Å². The van der Waals surface area contributed by atoms with Crippen molar-refractivity contribution in [2.45, 2.75) is 13.3 Å². The van der Waals surface area contributed by atoms with E-state index in [0.717, 1.165) is 56.1 Å². The summed E-state index contributed by atoms with van der Waals surface area (Å²) in [5.74, 6) is 0.994. The maximum absolute atomic E-state index is 12.3. The molecule has 1 N–H and O–H groups in total. The fourth-order valence-corrected chi connectivity index (χ4v) is 2.96. The number of benzene rings is 1. The summed E-state index contributed by atoms with van der Waals surface area (Å²) in [5, 5.41) is 2.99. The van der Waals surface area contributed by atoms with Crippen LogP contribution in [0.2, 0.25) is 0 Å². The number of imidazole rings is 1. The van der Waals surface area contributed by atoms with Gasteiger partial charge < -0.3 is 14.6 Å². The van der Waals surface area contributed by atoms with Crippen molar-refractivity contribution in [3.63, 3.8) is 0 Å². The lowest BCUT2D eigenvalue weighted by Gasteiger charge is -2.26. The molecule has 0 saturated carbocycles. The summed E-state index contributed by atoms with van der Waals surface area (Å²) in [6.45, 7) is 7.04. The van der Waals surface area contributed by atoms with Crippen molar-refractivity contribution >= 4 is 16.9 Å². The van der Waals surface area contributed by atoms with Gasteiger partial charge in [-0.1, -0.05) is 6.92 Å². The van der Waals surface area contributed by atoms with E-state index in [9.17, 15) is 4.79 Å². The zero-order valence-corrected chi connectivity index (χ0v) is 13.8. The van der Waals surface area contributed by atoms with Crippen molar-refractivity contribution in [1.29, 1.82) is 0 Å². The Morgan fingerprint density at radius 2 is 2.13 bits per heavy atom. The summed E-state index contributed by atoms with van der Waals surface area (Å²) in [5.41, 5.74) is 2.61. The van der Waals surface area contributed by atoms with Crippen LogP contribution in [0.25, 0.3) is 11.0 Å². The van der Waals surface area contributed by atoms with Crippen molar-refractivity contribution < 1.29 is 9.53 Å². The minimum Gasteiger partial charge on any atom is -0.379 e. The molecule has 124 valence electrons. The molecule has 1 aliphatic heterocycles. The maximum atomic E-state index is 12.3. The summed E-state index contributed by atoms with van der Waals surface area (Å²) < 4.78 is 7.40. The molecule has 1 saturated heterocycles. The molecule has 0 spiro atoms. The highest BCUT2D eigenvalue weighted by molar-refractivity contribution is 5.97. The average Bonchev–Trinajstić information content (AvgIpc) is 2.91. The quantitative estimate of drug-likeness (QED) is 0.900. The second-order valence-electron chi connectivity index (χ2n) is 5.85. The molecule has 3 rings (SSSR count). The fourth-order valence-electron chi connectivity index (χ4n) is 2.96. The number of amides is 1. The van der Waals surface area contributed by atoms with E-state index >= 15 is 0 Å². The number of ether oxygens (including phenoxy) is 1. The lowest BCUT2D eigenvalue weighted by molar-refractivity contribution is 0.0383. The first kappa shape index (κ1) is 16.0. The summed E-state index contributed by atoms with van der Waals surface area (Å²) >= 11 is 0. The van der Waals surface area contributed by atoms with E-state index in [1.807, 2.05) is 25.2 Å². The van der Waals surface area contributed by atoms with E-state index in [1.165, 1.54) is 0 Å². The molecule has 1 amide bonds. The standard InChI is InChI=1S/C17H24N4O2/c1-3-16-19-14-12-13(4-5-15(14)20(16)2)17(22)18-6-7-21-8-10-23-11-9-21/h4-5,12H,3,6-11H2,1-2H3,(H,18,22). The highest BCUT2D eigenvalue weighted by Gasteiger charge is 2.12. The zero-order valence-electron chi connectivity index (χ0n) is 13.8. The molecule has 2 heterocycles. The molecule has 1 fully saturated rings. The lowest BCUT2D eigenvalue weighted by atomic mass is 10.2. The Labute approximate surface area is 136 Å². The highest BCUT2D eigenvalue weighted by atomic mass is 16.5. The van der Waals surface area contributed by atoms with E-state index in [2.05, 4.69) is 26.7 Å². The van der Waals surface area contributed by atoms with Gasteiger partial charge in [-0.25, -0.2) is 4.98 Å². The lowest BCUT2D eigenvalue weighted by Crippen LogP contribution is -2.41. The molecule has 6 heteroatoms. The SMILES string of the molecule is CCc1nc2cc(C(=O)NCCN3CCOCC3)ccc2n1C. The average molecular weight is 316 g/mol. The Balaban J connectivity index is 1.61. The van der Waals surface area contributed by atoms with Crippen LogP contribution in [-0.2, 0) is 18.2 Å². The second-order valence-corrected chi connectivity index (χ2v) is 5.85. The predicted molar refractivity (Wildman–Crippen MR) is 89.7 cm³/mol. The molecule has 6 nitrogen and oxygen atoms in total. The number of hydrogen-bond acceptors (Lipinski definition) is 4. The molecule has 1 aromatic carbocycles. The number of carbonyl (C=O) groups is 1. The Morgan fingerprint density at radius 1 is 1.35 bits per heavy atom. The Bertz CT molecular complexity index is 689. The van der Waals surface area contributed by atoms with Gasteiger partial charge in [0.25, 0.3) is 5.91 Å². The van der Waals surface area contributed by atoms with Gasteiger partial charge in [-0.05, 0) is 18.2 Å². The van der Waals surface area contributed by atoms with Crippen molar-refractivity contribution in [2.75, 3.05) is 39.4 Å². The van der Waals surface area contributed by atoms with Gasteiger partial charge in [-0.3, -0.25) is 9.69 Å². The van der Waals surface area contributed by atoms with Crippen LogP contribution in [0.15, 0.2) is 18.2 Å². The van der Waals surface area contributed by atoms with Crippen LogP contribution in [-0.4, -0.2) is 59.8 Å². The molecular weight excluding hydrogens is 292 g/mol. The molecule has 0 aliphatic carbocycles. The molecule has 0 radical (unpaired) electrons. The van der Waals surface area contributed by atoms with Gasteiger partial charge in [0.05, 0.1) is 24.2 Å². The van der Waals surface area contributed by atoms with Gasteiger partial charge in [-0.2, -0.15) is 0 Å². The first-order valence-corrected chi connectivity index (χ1v) is 8.22. The molecule has 0 bridgehead atoms. The molecule has 23 heavy (non-hydrogen) atoms. The topological polar surface area (TPSA) is 59.4 Å². The van der Waals surface area contributed by atoms with E-state index in [-0.39, 0.29) is 5.91 Å². The zero-order chi connectivity index (χ0) is 16.2. The largest absolute Gasteiger partial charge is 0.379 e. The van der Waals surface area contributed by atoms with Gasteiger partial charge in [0.1, 0.15) is 5.82 Å². The fraction of sp³-hybridized carbons (Fsp3) is 0.529. The smallest absolute Gasteiger partial charge is 0.251 e. The van der Waals surface area contributed by atoms with Crippen LogP contribution in [0.5, 0.6) is 0 Å². The first-order valence-electron chi connectivity index (χ1n) is 8.22. The van der Waals surface area contributed by atoms with E-state index < -0.39 is 0 Å². The van der Waals surface area contributed by atoms with Crippen LogP contribution < -0.4 is 5.32 Å². The number of nitrogens with zero attached hydrogens (tertiary/aromatic N) is 3. The third-order valence-electron chi connectivity index (χ3n) is 4.37. The van der Waals surface area contributed by atoms with Gasteiger partial charge >= 0.3 is 0 Å². The Kier molecular flexibility index (Phi) is 4.93. The van der Waals surface area contributed by atoms with Gasteiger partial charge in [0, 0.05) is 45.2 Å². The molecule has 1 aromatic heterocycles. The predicted octanol–water partition coefficient (Wildman–Crippen LogP) is 1.20. The van der Waals surface area contributed by atoms with Crippen LogP contribution in [0.1, 0.15) is 23.1 Å². The number of fused-ring (bicyclic) bond motifs is 1. The van der Waals surface area contributed by atoms with Gasteiger partial charge in [-0.15, -0.1) is 0 Å². The molecule has 1 aliphatic rings. The summed E-state index contributed by atoms with van der Waals surface area (Å²) in [7, 11) is 2.01. The van der Waals surface area contributed by atoms with Crippen molar-refractivity contribution in [2.24, 2.45) is 7.05 Å². The van der Waals surface area contributed by atoms with E-state index in [1.54, 1.807) is 0 Å². The number of hydrogen-bond donors (Lipinski definition) is 1. The van der Waals surface area contributed by atoms with E-state index in [4.69, 9.17) is 4.74 Å². The van der Waals surface area contributed by atoms with E-state index in [0.29, 0.717) is 12.1 Å². The van der Waals surface area contributed by atoms with Crippen molar-refractivity contribution in [3.05, 3.63) is 29.6 Å². The Hall–Kier alpha value is -1.92. The molecular formula is C17H24N4O2. The number of carbonyl (C=O) groups excluding carboxylic acids is 1. The minimum absolute atomic E-state index is 0.0381. The number of morpholine rings is 1. The monoisotopic (exact) mass is 316 g/mol. The summed E-state index contributed by atoms with van der Waals surface area (Å²) in [4.78, 5) is 19.2. The normalized spacial score (nSPS) is 15.9. The van der Waals surface area contributed by atoms with Crippen molar-refractivity contribution in [3.8, 4) is 0 Å². The minimum atomic E-state index is -0.0381. The number of rotatable bonds is 5. The third-order valence-corrected chi connectivity index (χ3v) is 4.37. The maximum Gasteiger partial charge on any atom is 0.251 e. The van der Waals surface area contributed by atoms with Crippen molar-refractivity contribution in [1.82, 2.24) is 19.8 Å². The second kappa shape index (κ2) is 7.10. The van der Waals surface area contributed by atoms with Crippen LogP contribution in [0, 0.1) is 0 Å². The van der Waals surface area contributed by atoms with Gasteiger partial charge in [0.2, 0.25) is 0 Å².